The number of benzene rings is 2. The fourth-order valence-corrected chi connectivity index (χ4v) is 3.67. The van der Waals surface area contributed by atoms with E-state index in [0.717, 1.165) is 60.2 Å². The second kappa shape index (κ2) is 8.70. The van der Waals surface area contributed by atoms with Crippen LogP contribution in [0.3, 0.4) is 0 Å². The summed E-state index contributed by atoms with van der Waals surface area (Å²) >= 11 is 5.93. The third-order valence-electron chi connectivity index (χ3n) is 5.13. The molecule has 150 valence electrons. The highest BCUT2D eigenvalue weighted by molar-refractivity contribution is 6.30. The number of nitrogens with zero attached hydrogens (tertiary/aromatic N) is 3. The molecule has 1 unspecified atom stereocenters. The van der Waals surface area contributed by atoms with Gasteiger partial charge in [-0.3, -0.25) is 0 Å². The summed E-state index contributed by atoms with van der Waals surface area (Å²) in [5, 5.41) is 4.35. The monoisotopic (exact) mass is 408 g/mol. The lowest BCUT2D eigenvalue weighted by Crippen LogP contribution is -2.20. The SMILES string of the molecule is CCc1ncc2c(n1)N(C)CCCC2Nc1ccc(Oc2ccc(Cl)cc2)cc1. The third kappa shape index (κ3) is 4.62. The number of ether oxygens (including phenoxy) is 1. The van der Waals surface area contributed by atoms with Crippen LogP contribution in [0.15, 0.2) is 54.7 Å². The first kappa shape index (κ1) is 19.5. The lowest BCUT2D eigenvalue weighted by Gasteiger charge is -2.22. The number of nitrogens with one attached hydrogen (secondary N) is 1. The van der Waals surface area contributed by atoms with Gasteiger partial charge in [-0.2, -0.15) is 0 Å². The van der Waals surface area contributed by atoms with Crippen molar-refractivity contribution in [2.45, 2.75) is 32.2 Å². The number of hydrogen-bond donors (Lipinski definition) is 1. The van der Waals surface area contributed by atoms with Crippen molar-refractivity contribution in [1.82, 2.24) is 9.97 Å². The smallest absolute Gasteiger partial charge is 0.137 e. The molecule has 0 aliphatic carbocycles. The molecule has 4 rings (SSSR count). The van der Waals surface area contributed by atoms with Crippen molar-refractivity contribution in [2.24, 2.45) is 0 Å². The first-order valence-electron chi connectivity index (χ1n) is 9.99. The summed E-state index contributed by atoms with van der Waals surface area (Å²) < 4.78 is 5.88. The van der Waals surface area contributed by atoms with Gasteiger partial charge in [0.05, 0.1) is 6.04 Å². The van der Waals surface area contributed by atoms with E-state index in [-0.39, 0.29) is 6.04 Å². The van der Waals surface area contributed by atoms with E-state index in [1.807, 2.05) is 54.7 Å². The summed E-state index contributed by atoms with van der Waals surface area (Å²) in [4.78, 5) is 11.6. The molecular formula is C23H25ClN4O. The molecule has 0 radical (unpaired) electrons. The molecule has 1 N–H and O–H groups in total. The molecule has 5 nitrogen and oxygen atoms in total. The van der Waals surface area contributed by atoms with Crippen LogP contribution in [0.4, 0.5) is 11.5 Å². The van der Waals surface area contributed by atoms with Crippen LogP contribution < -0.4 is 15.0 Å². The van der Waals surface area contributed by atoms with Crippen molar-refractivity contribution in [3.05, 3.63) is 71.1 Å². The molecule has 2 heterocycles. The van der Waals surface area contributed by atoms with Crippen LogP contribution in [0.5, 0.6) is 11.5 Å². The fourth-order valence-electron chi connectivity index (χ4n) is 3.54. The molecule has 0 bridgehead atoms. The molecule has 0 fully saturated rings. The predicted octanol–water partition coefficient (Wildman–Crippen LogP) is 5.87. The highest BCUT2D eigenvalue weighted by Crippen LogP contribution is 2.33. The van der Waals surface area contributed by atoms with E-state index >= 15 is 0 Å². The second-order valence-corrected chi connectivity index (χ2v) is 7.70. The third-order valence-corrected chi connectivity index (χ3v) is 5.38. The maximum atomic E-state index is 5.93. The maximum Gasteiger partial charge on any atom is 0.137 e. The van der Waals surface area contributed by atoms with Gasteiger partial charge in [-0.25, -0.2) is 9.97 Å². The van der Waals surface area contributed by atoms with Crippen molar-refractivity contribution in [3.63, 3.8) is 0 Å². The van der Waals surface area contributed by atoms with Crippen molar-refractivity contribution >= 4 is 23.1 Å². The van der Waals surface area contributed by atoms with Crippen LogP contribution >= 0.6 is 11.6 Å². The first-order chi connectivity index (χ1) is 14.1. The van der Waals surface area contributed by atoms with Gasteiger partial charge in [-0.15, -0.1) is 0 Å². The molecule has 1 atom stereocenters. The predicted molar refractivity (Wildman–Crippen MR) is 118 cm³/mol. The van der Waals surface area contributed by atoms with E-state index in [2.05, 4.69) is 29.2 Å². The molecule has 6 heteroatoms. The topological polar surface area (TPSA) is 50.3 Å². The summed E-state index contributed by atoms with van der Waals surface area (Å²) in [5.74, 6) is 3.48. The van der Waals surface area contributed by atoms with Crippen molar-refractivity contribution in [3.8, 4) is 11.5 Å². The Morgan fingerprint density at radius 3 is 2.48 bits per heavy atom. The van der Waals surface area contributed by atoms with Gasteiger partial charge in [0.15, 0.2) is 0 Å². The molecule has 0 amide bonds. The van der Waals surface area contributed by atoms with Gasteiger partial charge >= 0.3 is 0 Å². The Kier molecular flexibility index (Phi) is 5.86. The van der Waals surface area contributed by atoms with E-state index in [1.165, 1.54) is 0 Å². The van der Waals surface area contributed by atoms with E-state index in [1.54, 1.807) is 0 Å². The number of anilines is 2. The minimum atomic E-state index is 0.184. The highest BCUT2D eigenvalue weighted by atomic mass is 35.5. The average Bonchev–Trinajstić information content (AvgIpc) is 2.90. The first-order valence-corrected chi connectivity index (χ1v) is 10.4. The van der Waals surface area contributed by atoms with Crippen LogP contribution in [0.25, 0.3) is 0 Å². The van der Waals surface area contributed by atoms with Gasteiger partial charge in [-0.05, 0) is 61.4 Å². The van der Waals surface area contributed by atoms with Crippen LogP contribution in [-0.4, -0.2) is 23.6 Å². The van der Waals surface area contributed by atoms with E-state index in [0.29, 0.717) is 5.02 Å². The molecule has 29 heavy (non-hydrogen) atoms. The Balaban J connectivity index is 1.50. The molecule has 0 spiro atoms. The lowest BCUT2D eigenvalue weighted by atomic mass is 10.0. The zero-order valence-electron chi connectivity index (χ0n) is 16.7. The largest absolute Gasteiger partial charge is 0.457 e. The summed E-state index contributed by atoms with van der Waals surface area (Å²) in [6.07, 6.45) is 4.96. The number of fused-ring (bicyclic) bond motifs is 1. The second-order valence-electron chi connectivity index (χ2n) is 7.26. The Morgan fingerprint density at radius 2 is 1.79 bits per heavy atom. The number of aryl methyl sites for hydroxylation is 1. The molecule has 1 aromatic heterocycles. The molecule has 0 saturated carbocycles. The van der Waals surface area contributed by atoms with Gasteiger partial charge < -0.3 is 15.0 Å². The number of halogens is 1. The Bertz CT molecular complexity index is 960. The minimum absolute atomic E-state index is 0.184. The van der Waals surface area contributed by atoms with Gasteiger partial charge in [0, 0.05) is 42.5 Å². The van der Waals surface area contributed by atoms with E-state index in [9.17, 15) is 0 Å². The van der Waals surface area contributed by atoms with Crippen molar-refractivity contribution < 1.29 is 4.74 Å². The van der Waals surface area contributed by atoms with Gasteiger partial charge in [0.1, 0.15) is 23.1 Å². The minimum Gasteiger partial charge on any atom is -0.457 e. The zero-order valence-corrected chi connectivity index (χ0v) is 17.5. The van der Waals surface area contributed by atoms with Crippen molar-refractivity contribution in [2.75, 3.05) is 23.8 Å². The van der Waals surface area contributed by atoms with Crippen LogP contribution in [0.1, 0.15) is 37.2 Å². The Labute approximate surface area is 176 Å². The lowest BCUT2D eigenvalue weighted by molar-refractivity contribution is 0.483. The van der Waals surface area contributed by atoms with Crippen LogP contribution in [0, 0.1) is 0 Å². The molecular weight excluding hydrogens is 384 g/mol. The maximum absolute atomic E-state index is 5.93. The quantitative estimate of drug-likeness (QED) is 0.572. The van der Waals surface area contributed by atoms with Crippen LogP contribution in [-0.2, 0) is 6.42 Å². The Hall–Kier alpha value is -2.79. The molecule has 3 aromatic rings. The van der Waals surface area contributed by atoms with E-state index in [4.69, 9.17) is 21.3 Å². The fraction of sp³-hybridized carbons (Fsp3) is 0.304. The van der Waals surface area contributed by atoms with E-state index < -0.39 is 0 Å². The van der Waals surface area contributed by atoms with Gasteiger partial charge in [0.2, 0.25) is 0 Å². The zero-order chi connectivity index (χ0) is 20.2. The summed E-state index contributed by atoms with van der Waals surface area (Å²) in [5.41, 5.74) is 2.21. The molecule has 1 aliphatic rings. The van der Waals surface area contributed by atoms with Crippen LogP contribution in [0.2, 0.25) is 5.02 Å². The summed E-state index contributed by atoms with van der Waals surface area (Å²) in [7, 11) is 2.11. The van der Waals surface area contributed by atoms with Gasteiger partial charge in [-0.1, -0.05) is 18.5 Å². The number of aromatic nitrogens is 2. The number of hydrogen-bond acceptors (Lipinski definition) is 5. The normalized spacial score (nSPS) is 16.1. The standard InChI is InChI=1S/C23H25ClN4O/c1-3-22-25-15-20-21(5-4-14-28(2)23(20)27-22)26-17-8-12-19(13-9-17)29-18-10-6-16(24)7-11-18/h6-13,15,21,26H,3-5,14H2,1-2H3. The number of rotatable bonds is 5. The highest BCUT2D eigenvalue weighted by Gasteiger charge is 2.23. The summed E-state index contributed by atoms with van der Waals surface area (Å²) in [6, 6.07) is 15.6. The molecule has 1 aliphatic heterocycles. The molecule has 0 saturated heterocycles. The van der Waals surface area contributed by atoms with Crippen molar-refractivity contribution in [1.29, 1.82) is 0 Å². The van der Waals surface area contributed by atoms with Gasteiger partial charge in [0.25, 0.3) is 0 Å². The summed E-state index contributed by atoms with van der Waals surface area (Å²) in [6.45, 7) is 3.08. The molecule has 2 aromatic carbocycles. The Morgan fingerprint density at radius 1 is 1.10 bits per heavy atom. The average molecular weight is 409 g/mol.